The Morgan fingerprint density at radius 3 is 2.52 bits per heavy atom. The smallest absolute Gasteiger partial charge is 0.269 e. The summed E-state index contributed by atoms with van der Waals surface area (Å²) in [6, 6.07) is 14.9. The van der Waals surface area contributed by atoms with Gasteiger partial charge in [-0.25, -0.2) is 0 Å². The Balaban J connectivity index is 1.57. The molecule has 0 spiro atoms. The quantitative estimate of drug-likeness (QED) is 0.817. The first-order valence-corrected chi connectivity index (χ1v) is 9.04. The fourth-order valence-electron chi connectivity index (χ4n) is 3.12. The lowest BCUT2D eigenvalue weighted by molar-refractivity contribution is -0.126. The molecule has 3 amide bonds. The molecule has 0 unspecified atom stereocenters. The molecule has 3 rings (SSSR count). The van der Waals surface area contributed by atoms with Crippen molar-refractivity contribution in [3.05, 3.63) is 65.2 Å². The van der Waals surface area contributed by atoms with Crippen molar-refractivity contribution in [1.29, 1.82) is 0 Å². The van der Waals surface area contributed by atoms with Crippen LogP contribution < -0.4 is 15.8 Å². The number of rotatable bonds is 4. The minimum Gasteiger partial charge on any atom is -0.312 e. The van der Waals surface area contributed by atoms with E-state index in [1.165, 1.54) is 5.56 Å². The molecule has 2 aromatic rings. The van der Waals surface area contributed by atoms with Gasteiger partial charge in [-0.3, -0.25) is 25.2 Å². The summed E-state index contributed by atoms with van der Waals surface area (Å²) in [7, 11) is 0. The summed E-state index contributed by atoms with van der Waals surface area (Å²) in [6.45, 7) is 4.26. The second-order valence-corrected chi connectivity index (χ2v) is 6.74. The van der Waals surface area contributed by atoms with Crippen LogP contribution in [0.2, 0.25) is 0 Å². The second-order valence-electron chi connectivity index (χ2n) is 6.74. The van der Waals surface area contributed by atoms with E-state index in [4.69, 9.17) is 0 Å². The molecule has 0 saturated carbocycles. The van der Waals surface area contributed by atoms with Gasteiger partial charge in [0.25, 0.3) is 5.91 Å². The first-order valence-electron chi connectivity index (χ1n) is 9.04. The zero-order valence-electron chi connectivity index (χ0n) is 15.5. The van der Waals surface area contributed by atoms with Gasteiger partial charge in [0.2, 0.25) is 11.8 Å². The second kappa shape index (κ2) is 8.03. The van der Waals surface area contributed by atoms with Gasteiger partial charge in [0.05, 0.1) is 5.92 Å². The monoisotopic (exact) mass is 365 g/mol. The predicted octanol–water partition coefficient (Wildman–Crippen LogP) is 2.37. The van der Waals surface area contributed by atoms with Crippen molar-refractivity contribution < 1.29 is 14.4 Å². The Hall–Kier alpha value is -3.15. The molecule has 6 heteroatoms. The van der Waals surface area contributed by atoms with Crippen molar-refractivity contribution in [3.8, 4) is 0 Å². The molecule has 1 aliphatic heterocycles. The van der Waals surface area contributed by atoms with Gasteiger partial charge < -0.3 is 4.90 Å². The van der Waals surface area contributed by atoms with E-state index in [9.17, 15) is 14.4 Å². The Kier molecular flexibility index (Phi) is 5.54. The predicted molar refractivity (Wildman–Crippen MR) is 103 cm³/mol. The highest BCUT2D eigenvalue weighted by atomic mass is 16.2. The average Bonchev–Trinajstić information content (AvgIpc) is 3.07. The SMILES string of the molecule is CCc1ccc(N2C[C@H](C(=O)NNC(=O)c3cccc(C)c3)CC2=O)cc1. The summed E-state index contributed by atoms with van der Waals surface area (Å²) in [6.07, 6.45) is 1.06. The molecule has 1 aliphatic rings. The van der Waals surface area contributed by atoms with Crippen molar-refractivity contribution in [2.45, 2.75) is 26.7 Å². The van der Waals surface area contributed by atoms with Crippen LogP contribution in [0.15, 0.2) is 48.5 Å². The number of hydrogen-bond donors (Lipinski definition) is 2. The fraction of sp³-hybridized carbons (Fsp3) is 0.286. The molecule has 2 N–H and O–H groups in total. The third-order valence-corrected chi connectivity index (χ3v) is 4.73. The Morgan fingerprint density at radius 2 is 1.85 bits per heavy atom. The number of carbonyl (C=O) groups is 3. The van der Waals surface area contributed by atoms with Gasteiger partial charge in [0.15, 0.2) is 0 Å². The minimum atomic E-state index is -0.499. The molecule has 0 bridgehead atoms. The molecular formula is C21H23N3O3. The van der Waals surface area contributed by atoms with Gasteiger partial charge in [-0.05, 0) is 43.2 Å². The van der Waals surface area contributed by atoms with Crippen LogP contribution in [0, 0.1) is 12.8 Å². The molecule has 1 heterocycles. The summed E-state index contributed by atoms with van der Waals surface area (Å²) in [4.78, 5) is 38.4. The number of hydrazine groups is 1. The van der Waals surface area contributed by atoms with Crippen LogP contribution in [-0.2, 0) is 16.0 Å². The van der Waals surface area contributed by atoms with Crippen molar-refractivity contribution in [2.24, 2.45) is 5.92 Å². The maximum atomic E-state index is 12.4. The molecule has 140 valence electrons. The van der Waals surface area contributed by atoms with E-state index in [2.05, 4.69) is 17.8 Å². The number of carbonyl (C=O) groups excluding carboxylic acids is 3. The van der Waals surface area contributed by atoms with Gasteiger partial charge in [-0.2, -0.15) is 0 Å². The molecule has 1 saturated heterocycles. The lowest BCUT2D eigenvalue weighted by Crippen LogP contribution is -2.45. The molecule has 0 radical (unpaired) electrons. The van der Waals surface area contributed by atoms with Crippen molar-refractivity contribution >= 4 is 23.4 Å². The topological polar surface area (TPSA) is 78.5 Å². The molecule has 1 fully saturated rings. The highest BCUT2D eigenvalue weighted by Crippen LogP contribution is 2.25. The summed E-state index contributed by atoms with van der Waals surface area (Å²) in [5.74, 6) is -1.34. The molecule has 0 aromatic heterocycles. The molecule has 0 aliphatic carbocycles. The number of aryl methyl sites for hydroxylation is 2. The number of anilines is 1. The first-order chi connectivity index (χ1) is 13.0. The number of nitrogens with one attached hydrogen (secondary N) is 2. The van der Waals surface area contributed by atoms with E-state index >= 15 is 0 Å². The Labute approximate surface area is 158 Å². The summed E-state index contributed by atoms with van der Waals surface area (Å²) < 4.78 is 0. The molecule has 1 atom stereocenters. The number of amides is 3. The zero-order valence-corrected chi connectivity index (χ0v) is 15.5. The first kappa shape index (κ1) is 18.6. The third kappa shape index (κ3) is 4.34. The van der Waals surface area contributed by atoms with E-state index in [1.54, 1.807) is 23.1 Å². The summed E-state index contributed by atoms with van der Waals surface area (Å²) >= 11 is 0. The van der Waals surface area contributed by atoms with Crippen LogP contribution in [0.3, 0.4) is 0 Å². The Morgan fingerprint density at radius 1 is 1.11 bits per heavy atom. The maximum Gasteiger partial charge on any atom is 0.269 e. The van der Waals surface area contributed by atoms with E-state index in [1.807, 2.05) is 37.3 Å². The van der Waals surface area contributed by atoms with Crippen LogP contribution in [0.1, 0.15) is 34.8 Å². The van der Waals surface area contributed by atoms with Crippen molar-refractivity contribution in [1.82, 2.24) is 10.9 Å². The molecule has 2 aromatic carbocycles. The largest absolute Gasteiger partial charge is 0.312 e. The zero-order chi connectivity index (χ0) is 19.4. The van der Waals surface area contributed by atoms with Gasteiger partial charge in [0.1, 0.15) is 0 Å². The minimum absolute atomic E-state index is 0.0931. The van der Waals surface area contributed by atoms with Crippen molar-refractivity contribution in [3.63, 3.8) is 0 Å². The van der Waals surface area contributed by atoms with E-state index in [-0.39, 0.29) is 24.1 Å². The van der Waals surface area contributed by atoms with Crippen molar-refractivity contribution in [2.75, 3.05) is 11.4 Å². The number of hydrogen-bond acceptors (Lipinski definition) is 3. The van der Waals surface area contributed by atoms with E-state index < -0.39 is 5.92 Å². The van der Waals surface area contributed by atoms with Crippen LogP contribution >= 0.6 is 0 Å². The lowest BCUT2D eigenvalue weighted by Gasteiger charge is -2.17. The summed E-state index contributed by atoms with van der Waals surface area (Å²) in [5.41, 5.74) is 8.26. The van der Waals surface area contributed by atoms with Gasteiger partial charge in [-0.15, -0.1) is 0 Å². The van der Waals surface area contributed by atoms with Crippen LogP contribution in [-0.4, -0.2) is 24.3 Å². The van der Waals surface area contributed by atoms with Gasteiger partial charge in [0, 0.05) is 24.2 Å². The van der Waals surface area contributed by atoms with Crippen LogP contribution in [0.5, 0.6) is 0 Å². The Bertz CT molecular complexity index is 861. The third-order valence-electron chi connectivity index (χ3n) is 4.73. The molecule has 27 heavy (non-hydrogen) atoms. The number of benzene rings is 2. The number of nitrogens with zero attached hydrogens (tertiary/aromatic N) is 1. The summed E-state index contributed by atoms with van der Waals surface area (Å²) in [5, 5.41) is 0. The molecular weight excluding hydrogens is 342 g/mol. The average molecular weight is 365 g/mol. The molecule has 6 nitrogen and oxygen atoms in total. The van der Waals surface area contributed by atoms with E-state index in [0.29, 0.717) is 12.1 Å². The fourth-order valence-corrected chi connectivity index (χ4v) is 3.12. The highest BCUT2D eigenvalue weighted by Gasteiger charge is 2.35. The standard InChI is InChI=1S/C21H23N3O3/c1-3-15-7-9-18(10-8-15)24-13-17(12-19(24)25)21(27)23-22-20(26)16-6-4-5-14(2)11-16/h4-11,17H,3,12-13H2,1-2H3,(H,22,26)(H,23,27)/t17-/m1/s1. The van der Waals surface area contributed by atoms with Gasteiger partial charge >= 0.3 is 0 Å². The normalized spacial score (nSPS) is 16.3. The van der Waals surface area contributed by atoms with Crippen LogP contribution in [0.4, 0.5) is 5.69 Å². The van der Waals surface area contributed by atoms with Crippen LogP contribution in [0.25, 0.3) is 0 Å². The van der Waals surface area contributed by atoms with E-state index in [0.717, 1.165) is 17.7 Å². The van der Waals surface area contributed by atoms with Gasteiger partial charge in [-0.1, -0.05) is 36.8 Å². The lowest BCUT2D eigenvalue weighted by atomic mass is 10.1. The highest BCUT2D eigenvalue weighted by molar-refractivity contribution is 6.01. The maximum absolute atomic E-state index is 12.4.